The molecule has 1 unspecified atom stereocenters. The minimum absolute atomic E-state index is 0.0647. The molecule has 3 aromatic rings. The van der Waals surface area contributed by atoms with E-state index in [4.69, 9.17) is 16.0 Å². The van der Waals surface area contributed by atoms with Crippen LogP contribution in [0.1, 0.15) is 35.9 Å². The summed E-state index contributed by atoms with van der Waals surface area (Å²) in [5.41, 5.74) is 2.80. The van der Waals surface area contributed by atoms with Crippen LogP contribution in [-0.2, 0) is 5.88 Å². The Balaban J connectivity index is 2.20. The predicted octanol–water partition coefficient (Wildman–Crippen LogP) is 4.75. The zero-order valence-electron chi connectivity index (χ0n) is 12.0. The molecule has 21 heavy (non-hydrogen) atoms. The first-order chi connectivity index (χ1) is 10.0. The van der Waals surface area contributed by atoms with Crippen molar-refractivity contribution in [3.05, 3.63) is 45.7 Å². The second-order valence-corrected chi connectivity index (χ2v) is 6.26. The number of halogens is 2. The third-order valence-corrected chi connectivity index (χ3v) is 4.28. The van der Waals surface area contributed by atoms with E-state index < -0.39 is 0 Å². The summed E-state index contributed by atoms with van der Waals surface area (Å²) in [7, 11) is 0. The Hall–Kier alpha value is -1.33. The van der Waals surface area contributed by atoms with Crippen molar-refractivity contribution in [2.75, 3.05) is 0 Å². The molecule has 0 aliphatic rings. The number of aromatic nitrogens is 3. The van der Waals surface area contributed by atoms with Crippen molar-refractivity contribution in [1.82, 2.24) is 14.5 Å². The van der Waals surface area contributed by atoms with Gasteiger partial charge in [0, 0.05) is 16.2 Å². The number of alkyl halides is 1. The topological polar surface area (TPSA) is 43.9 Å². The van der Waals surface area contributed by atoms with Crippen LogP contribution in [0.2, 0.25) is 0 Å². The van der Waals surface area contributed by atoms with Gasteiger partial charge in [-0.1, -0.05) is 0 Å². The summed E-state index contributed by atoms with van der Waals surface area (Å²) >= 11 is 9.50. The van der Waals surface area contributed by atoms with Crippen molar-refractivity contribution in [2.45, 2.75) is 32.7 Å². The molecule has 4 nitrogen and oxygen atoms in total. The van der Waals surface area contributed by atoms with Gasteiger partial charge in [-0.25, -0.2) is 9.97 Å². The van der Waals surface area contributed by atoms with Gasteiger partial charge in [0.05, 0.1) is 11.9 Å². The number of rotatable bonds is 3. The minimum atomic E-state index is 0.0647. The van der Waals surface area contributed by atoms with E-state index in [1.165, 1.54) is 0 Å². The number of hydrogen-bond donors (Lipinski definition) is 0. The zero-order valence-corrected chi connectivity index (χ0v) is 14.4. The molecule has 3 heterocycles. The van der Waals surface area contributed by atoms with Crippen molar-refractivity contribution in [3.8, 4) is 0 Å². The molecule has 0 radical (unpaired) electrons. The number of fused-ring (bicyclic) bond motifs is 1. The smallest absolute Gasteiger partial charge is 0.160 e. The van der Waals surface area contributed by atoms with Gasteiger partial charge >= 0.3 is 0 Å². The van der Waals surface area contributed by atoms with Crippen molar-refractivity contribution < 1.29 is 4.42 Å². The zero-order chi connectivity index (χ0) is 15.1. The summed E-state index contributed by atoms with van der Waals surface area (Å²) in [6, 6.07) is 4.08. The van der Waals surface area contributed by atoms with Gasteiger partial charge in [-0.2, -0.15) is 0 Å². The summed E-state index contributed by atoms with van der Waals surface area (Å²) < 4.78 is 8.63. The second kappa shape index (κ2) is 5.46. The highest BCUT2D eigenvalue weighted by Gasteiger charge is 2.21. The lowest BCUT2D eigenvalue weighted by Crippen LogP contribution is -2.10. The monoisotopic (exact) mass is 367 g/mol. The Bertz CT molecular complexity index is 809. The lowest BCUT2D eigenvalue weighted by atomic mass is 10.1. The van der Waals surface area contributed by atoms with Crippen LogP contribution >= 0.6 is 27.5 Å². The van der Waals surface area contributed by atoms with E-state index in [2.05, 4.69) is 43.5 Å². The quantitative estimate of drug-likeness (QED) is 0.626. The van der Waals surface area contributed by atoms with Gasteiger partial charge in [-0.05, 0) is 48.8 Å². The lowest BCUT2D eigenvalue weighted by molar-refractivity contribution is 0.494. The van der Waals surface area contributed by atoms with Crippen LogP contribution in [0.15, 0.2) is 27.2 Å². The molecule has 110 valence electrons. The van der Waals surface area contributed by atoms with Gasteiger partial charge in [0.1, 0.15) is 22.9 Å². The maximum absolute atomic E-state index is 6.07. The van der Waals surface area contributed by atoms with Crippen molar-refractivity contribution >= 4 is 38.7 Å². The van der Waals surface area contributed by atoms with Gasteiger partial charge in [0.25, 0.3) is 0 Å². The van der Waals surface area contributed by atoms with Crippen molar-refractivity contribution in [1.29, 1.82) is 0 Å². The number of aryl methyl sites for hydroxylation is 2. The Morgan fingerprint density at radius 1 is 1.38 bits per heavy atom. The van der Waals surface area contributed by atoms with Crippen LogP contribution in [-0.4, -0.2) is 14.5 Å². The van der Waals surface area contributed by atoms with Crippen LogP contribution in [0.4, 0.5) is 0 Å². The van der Waals surface area contributed by atoms with Crippen LogP contribution < -0.4 is 0 Å². The molecule has 0 spiro atoms. The highest BCUT2D eigenvalue weighted by atomic mass is 79.9. The molecule has 0 N–H and O–H groups in total. The molecular weight excluding hydrogens is 354 g/mol. The average Bonchev–Trinajstić information content (AvgIpc) is 2.97. The molecule has 0 amide bonds. The van der Waals surface area contributed by atoms with Crippen LogP contribution in [0.25, 0.3) is 11.2 Å². The second-order valence-electron chi connectivity index (χ2n) is 5.07. The van der Waals surface area contributed by atoms with Crippen LogP contribution in [0.3, 0.4) is 0 Å². The largest absolute Gasteiger partial charge is 0.466 e. The minimum Gasteiger partial charge on any atom is -0.466 e. The van der Waals surface area contributed by atoms with Crippen LogP contribution in [0, 0.1) is 13.8 Å². The van der Waals surface area contributed by atoms with E-state index in [1.54, 1.807) is 6.20 Å². The fourth-order valence-electron chi connectivity index (χ4n) is 2.71. The Labute approximate surface area is 136 Å². The van der Waals surface area contributed by atoms with E-state index >= 15 is 0 Å². The summed E-state index contributed by atoms with van der Waals surface area (Å²) in [6.07, 6.45) is 1.78. The van der Waals surface area contributed by atoms with Gasteiger partial charge in [0.15, 0.2) is 5.65 Å². The molecule has 0 aliphatic heterocycles. The van der Waals surface area contributed by atoms with E-state index in [0.29, 0.717) is 5.88 Å². The Kier molecular flexibility index (Phi) is 3.80. The fraction of sp³-hybridized carbons (Fsp3) is 0.333. The van der Waals surface area contributed by atoms with Crippen molar-refractivity contribution in [3.63, 3.8) is 0 Å². The van der Waals surface area contributed by atoms with Crippen molar-refractivity contribution in [2.24, 2.45) is 0 Å². The molecule has 3 rings (SSSR count). The van der Waals surface area contributed by atoms with E-state index in [0.717, 1.165) is 38.5 Å². The Morgan fingerprint density at radius 2 is 2.14 bits per heavy atom. The summed E-state index contributed by atoms with van der Waals surface area (Å²) in [4.78, 5) is 9.08. The highest BCUT2D eigenvalue weighted by Crippen LogP contribution is 2.30. The van der Waals surface area contributed by atoms with Gasteiger partial charge in [-0.3, -0.25) is 0 Å². The molecule has 0 aliphatic carbocycles. The molecule has 0 saturated carbocycles. The fourth-order valence-corrected chi connectivity index (χ4v) is 3.22. The Morgan fingerprint density at radius 3 is 2.76 bits per heavy atom. The van der Waals surface area contributed by atoms with Gasteiger partial charge in [-0.15, -0.1) is 11.6 Å². The number of furan rings is 1. The highest BCUT2D eigenvalue weighted by molar-refractivity contribution is 9.10. The van der Waals surface area contributed by atoms with E-state index in [9.17, 15) is 0 Å². The average molecular weight is 369 g/mol. The first kappa shape index (κ1) is 14.6. The van der Waals surface area contributed by atoms with Gasteiger partial charge < -0.3 is 8.98 Å². The third kappa shape index (κ3) is 2.49. The summed E-state index contributed by atoms with van der Waals surface area (Å²) in [6.45, 7) is 6.04. The molecule has 6 heteroatoms. The number of pyridine rings is 1. The molecule has 1 atom stereocenters. The first-order valence-corrected chi connectivity index (χ1v) is 7.99. The standard InChI is InChI=1S/C15H15BrClN3O/c1-8-4-12(10(3)21-8)9(2)20-14(6-17)19-13-5-11(16)7-18-15(13)20/h4-5,7,9H,6H2,1-3H3. The van der Waals surface area contributed by atoms with E-state index in [-0.39, 0.29) is 6.04 Å². The summed E-state index contributed by atoms with van der Waals surface area (Å²) in [5.74, 6) is 2.97. The molecular formula is C15H15BrClN3O. The SMILES string of the molecule is Cc1cc(C(C)n2c(CCl)nc3cc(Br)cnc32)c(C)o1. The molecule has 0 saturated heterocycles. The lowest BCUT2D eigenvalue weighted by Gasteiger charge is -2.15. The number of imidazole rings is 1. The summed E-state index contributed by atoms with van der Waals surface area (Å²) in [5, 5.41) is 0. The molecule has 0 aromatic carbocycles. The number of nitrogens with zero attached hydrogens (tertiary/aromatic N) is 3. The maximum atomic E-state index is 6.07. The normalized spacial score (nSPS) is 13.0. The molecule has 0 fully saturated rings. The van der Waals surface area contributed by atoms with Gasteiger partial charge in [0.2, 0.25) is 0 Å². The third-order valence-electron chi connectivity index (χ3n) is 3.61. The number of hydrogen-bond acceptors (Lipinski definition) is 3. The molecule has 3 aromatic heterocycles. The predicted molar refractivity (Wildman–Crippen MR) is 86.8 cm³/mol. The van der Waals surface area contributed by atoms with E-state index in [1.807, 2.05) is 19.9 Å². The van der Waals surface area contributed by atoms with Crippen LogP contribution in [0.5, 0.6) is 0 Å². The molecule has 0 bridgehead atoms. The first-order valence-electron chi connectivity index (χ1n) is 6.66. The maximum Gasteiger partial charge on any atom is 0.160 e.